The lowest BCUT2D eigenvalue weighted by atomic mass is 9.93. The van der Waals surface area contributed by atoms with Gasteiger partial charge in [0.1, 0.15) is 19.0 Å². The van der Waals surface area contributed by atoms with Crippen LogP contribution >= 0.6 is 11.6 Å². The Morgan fingerprint density at radius 3 is 2.77 bits per heavy atom. The van der Waals surface area contributed by atoms with E-state index in [4.69, 9.17) is 21.1 Å². The molecule has 1 saturated carbocycles. The van der Waals surface area contributed by atoms with E-state index in [1.54, 1.807) is 27.8 Å². The summed E-state index contributed by atoms with van der Waals surface area (Å²) >= 11 is 6.16. The number of benzene rings is 3. The van der Waals surface area contributed by atoms with Gasteiger partial charge in [-0.25, -0.2) is 9.59 Å². The molecule has 8 nitrogen and oxygen atoms in total. The van der Waals surface area contributed by atoms with Crippen LogP contribution in [0.2, 0.25) is 5.02 Å². The summed E-state index contributed by atoms with van der Waals surface area (Å²) in [6, 6.07) is 18.3. The van der Waals surface area contributed by atoms with Crippen LogP contribution in [-0.2, 0) is 11.3 Å². The van der Waals surface area contributed by atoms with Crippen molar-refractivity contribution in [1.29, 1.82) is 0 Å². The zero-order chi connectivity index (χ0) is 27.8. The molecule has 1 N–H and O–H groups in total. The van der Waals surface area contributed by atoms with Gasteiger partial charge >= 0.3 is 12.1 Å². The third kappa shape index (κ3) is 5.14. The molecule has 40 heavy (non-hydrogen) atoms. The fourth-order valence-corrected chi connectivity index (χ4v) is 5.59. The lowest BCUT2D eigenvalue weighted by Crippen LogP contribution is -2.37. The predicted molar refractivity (Wildman–Crippen MR) is 151 cm³/mol. The largest absolute Gasteiger partial charge is 0.490 e. The second-order valence-corrected chi connectivity index (χ2v) is 10.6. The zero-order valence-corrected chi connectivity index (χ0v) is 22.7. The first-order valence-corrected chi connectivity index (χ1v) is 13.6. The highest BCUT2D eigenvalue weighted by molar-refractivity contribution is 6.31. The third-order valence-corrected chi connectivity index (χ3v) is 7.96. The summed E-state index contributed by atoms with van der Waals surface area (Å²) < 4.78 is 13.2. The minimum Gasteiger partial charge on any atom is -0.490 e. The van der Waals surface area contributed by atoms with Gasteiger partial charge in [0.15, 0.2) is 0 Å². The molecule has 0 saturated heterocycles. The van der Waals surface area contributed by atoms with Crippen molar-refractivity contribution in [2.75, 3.05) is 24.7 Å². The van der Waals surface area contributed by atoms with Crippen LogP contribution in [0.15, 0.2) is 73.1 Å². The Labute approximate surface area is 236 Å². The molecule has 2 heterocycles. The quantitative estimate of drug-likeness (QED) is 0.252. The average molecular weight is 558 g/mol. The first-order chi connectivity index (χ1) is 19.4. The topological polar surface area (TPSA) is 93.9 Å². The molecule has 2 aliphatic rings. The molecular formula is C31H28ClN3O5. The maximum atomic E-state index is 13.2. The van der Waals surface area contributed by atoms with Crippen LogP contribution in [0.3, 0.4) is 0 Å². The van der Waals surface area contributed by atoms with Gasteiger partial charge < -0.3 is 14.6 Å². The number of carboxylic acids is 1. The molecule has 0 spiro atoms. The van der Waals surface area contributed by atoms with Gasteiger partial charge in [-0.15, -0.1) is 0 Å². The second kappa shape index (κ2) is 10.7. The zero-order valence-electron chi connectivity index (χ0n) is 21.9. The van der Waals surface area contributed by atoms with Crippen molar-refractivity contribution in [2.45, 2.75) is 25.8 Å². The number of aromatic nitrogens is 2. The number of anilines is 1. The molecular weight excluding hydrogens is 530 g/mol. The number of ether oxygens (including phenoxy) is 2. The smallest absolute Gasteiger partial charge is 0.414 e. The monoisotopic (exact) mass is 557 g/mol. The number of carboxylic acid groups (broad SMARTS) is 1. The Morgan fingerprint density at radius 1 is 1.10 bits per heavy atom. The second-order valence-electron chi connectivity index (χ2n) is 10.2. The fourth-order valence-electron chi connectivity index (χ4n) is 5.42. The van der Waals surface area contributed by atoms with Gasteiger partial charge in [0.05, 0.1) is 24.0 Å². The van der Waals surface area contributed by atoms with Gasteiger partial charge in [-0.1, -0.05) is 41.9 Å². The van der Waals surface area contributed by atoms with Gasteiger partial charge in [0.25, 0.3) is 0 Å². The van der Waals surface area contributed by atoms with E-state index in [1.165, 1.54) is 0 Å². The van der Waals surface area contributed by atoms with E-state index >= 15 is 0 Å². The van der Waals surface area contributed by atoms with Crippen molar-refractivity contribution in [2.24, 2.45) is 5.92 Å². The molecule has 1 aliphatic heterocycles. The third-order valence-electron chi connectivity index (χ3n) is 7.55. The first-order valence-electron chi connectivity index (χ1n) is 13.2. The SMILES string of the molecule is Cc1c(Cl)cccc1OCCOC(=O)N1CC2CC2c2c(-c3cnn(Cc4cccc(C(=O)O)c4)c3)cccc21. The van der Waals surface area contributed by atoms with E-state index in [0.717, 1.165) is 39.9 Å². The number of carbonyl (C=O) groups excluding carboxylic acids is 1. The molecule has 1 fully saturated rings. The van der Waals surface area contributed by atoms with E-state index in [2.05, 4.69) is 11.2 Å². The van der Waals surface area contributed by atoms with Crippen molar-refractivity contribution in [1.82, 2.24) is 9.78 Å². The van der Waals surface area contributed by atoms with Crippen molar-refractivity contribution in [3.8, 4) is 16.9 Å². The molecule has 6 rings (SSSR count). The predicted octanol–water partition coefficient (Wildman–Crippen LogP) is 6.40. The van der Waals surface area contributed by atoms with Crippen LogP contribution in [0.5, 0.6) is 5.75 Å². The number of hydrogen-bond donors (Lipinski definition) is 1. The number of carbonyl (C=O) groups is 2. The molecule has 0 radical (unpaired) electrons. The standard InChI is InChI=1S/C31H28ClN3O5/c1-19-26(32)8-4-10-28(19)39-11-12-40-31(38)35-18-22-14-25(22)29-24(7-3-9-27(29)35)23-15-33-34(17-23)16-20-5-2-6-21(13-20)30(36)37/h2-10,13,15,17,22,25H,11-12,14,16,18H2,1H3,(H,36,37). The summed E-state index contributed by atoms with van der Waals surface area (Å²) in [6.07, 6.45) is 4.43. The molecule has 1 aliphatic carbocycles. The molecule has 1 aromatic heterocycles. The molecule has 9 heteroatoms. The molecule has 3 aromatic carbocycles. The van der Waals surface area contributed by atoms with Crippen LogP contribution < -0.4 is 9.64 Å². The van der Waals surface area contributed by atoms with Crippen LogP contribution in [-0.4, -0.2) is 46.7 Å². The maximum Gasteiger partial charge on any atom is 0.414 e. The van der Waals surface area contributed by atoms with Crippen molar-refractivity contribution < 1.29 is 24.2 Å². The average Bonchev–Trinajstić information content (AvgIpc) is 3.61. The van der Waals surface area contributed by atoms with Crippen LogP contribution in [0.25, 0.3) is 11.1 Å². The summed E-state index contributed by atoms with van der Waals surface area (Å²) in [5.41, 5.74) is 5.98. The van der Waals surface area contributed by atoms with Gasteiger partial charge in [-0.2, -0.15) is 5.10 Å². The van der Waals surface area contributed by atoms with Crippen LogP contribution in [0.1, 0.15) is 39.4 Å². The fraction of sp³-hybridized carbons (Fsp3) is 0.258. The molecule has 4 aromatic rings. The Balaban J connectivity index is 1.16. The lowest BCUT2D eigenvalue weighted by Gasteiger charge is -2.29. The van der Waals surface area contributed by atoms with E-state index in [0.29, 0.717) is 35.7 Å². The van der Waals surface area contributed by atoms with Crippen molar-refractivity contribution in [3.05, 3.63) is 100 Å². The number of fused-ring (bicyclic) bond motifs is 3. The number of aromatic carboxylic acids is 1. The highest BCUT2D eigenvalue weighted by atomic mass is 35.5. The summed E-state index contributed by atoms with van der Waals surface area (Å²) in [7, 11) is 0. The molecule has 204 valence electrons. The van der Waals surface area contributed by atoms with Gasteiger partial charge in [-0.05, 0) is 72.2 Å². The summed E-state index contributed by atoms with van der Waals surface area (Å²) in [4.78, 5) is 26.2. The van der Waals surface area contributed by atoms with Crippen LogP contribution in [0, 0.1) is 12.8 Å². The minimum absolute atomic E-state index is 0.125. The summed E-state index contributed by atoms with van der Waals surface area (Å²) in [5, 5.41) is 14.5. The number of rotatable bonds is 8. The Hall–Kier alpha value is -4.30. The maximum absolute atomic E-state index is 13.2. The molecule has 2 unspecified atom stereocenters. The highest BCUT2D eigenvalue weighted by Crippen LogP contribution is 2.57. The summed E-state index contributed by atoms with van der Waals surface area (Å²) in [5.74, 6) is 0.525. The van der Waals surface area contributed by atoms with Crippen LogP contribution in [0.4, 0.5) is 10.5 Å². The minimum atomic E-state index is -0.954. The Kier molecular flexibility index (Phi) is 6.94. The number of amides is 1. The molecule has 0 bridgehead atoms. The lowest BCUT2D eigenvalue weighted by molar-refractivity contribution is 0.0696. The molecule has 2 atom stereocenters. The van der Waals surface area contributed by atoms with E-state index in [1.807, 2.05) is 55.7 Å². The van der Waals surface area contributed by atoms with E-state index in [-0.39, 0.29) is 24.9 Å². The van der Waals surface area contributed by atoms with Gasteiger partial charge in [0.2, 0.25) is 0 Å². The normalized spacial score (nSPS) is 17.1. The first kappa shape index (κ1) is 26.0. The Bertz CT molecular complexity index is 1600. The van der Waals surface area contributed by atoms with Gasteiger partial charge in [-0.3, -0.25) is 9.58 Å². The van der Waals surface area contributed by atoms with Crippen molar-refractivity contribution in [3.63, 3.8) is 0 Å². The van der Waals surface area contributed by atoms with E-state index < -0.39 is 5.97 Å². The number of hydrogen-bond acceptors (Lipinski definition) is 5. The Morgan fingerprint density at radius 2 is 1.93 bits per heavy atom. The summed E-state index contributed by atoms with van der Waals surface area (Å²) in [6.45, 7) is 3.33. The molecule has 1 amide bonds. The van der Waals surface area contributed by atoms with Gasteiger partial charge in [0, 0.05) is 28.9 Å². The van der Waals surface area contributed by atoms with E-state index in [9.17, 15) is 14.7 Å². The number of nitrogens with zero attached hydrogens (tertiary/aromatic N) is 3. The number of halogens is 1. The van der Waals surface area contributed by atoms with Crippen molar-refractivity contribution >= 4 is 29.4 Å². The highest BCUT2D eigenvalue weighted by Gasteiger charge is 2.48.